The summed E-state index contributed by atoms with van der Waals surface area (Å²) in [5.74, 6) is -0.804. The highest BCUT2D eigenvalue weighted by molar-refractivity contribution is 5.67. The highest BCUT2D eigenvalue weighted by Crippen LogP contribution is 1.98. The van der Waals surface area contributed by atoms with Crippen molar-refractivity contribution < 1.29 is 23.8 Å². The number of carbonyl (C=O) groups excluding carboxylic acids is 2. The van der Waals surface area contributed by atoms with E-state index in [1.165, 1.54) is 13.8 Å². The number of carbonyl (C=O) groups is 2. The summed E-state index contributed by atoms with van der Waals surface area (Å²) in [6.07, 6.45) is 1.49. The van der Waals surface area contributed by atoms with E-state index in [9.17, 15) is 9.59 Å². The standard InChI is InChI=1S/C11H20O5/c1-4-5-6-14-7-11(16-10(3)13)8-15-9(2)12/h11H,4-8H2,1-3H3. The summed E-state index contributed by atoms with van der Waals surface area (Å²) in [5.41, 5.74) is 0. The zero-order chi connectivity index (χ0) is 12.4. The summed E-state index contributed by atoms with van der Waals surface area (Å²) in [7, 11) is 0. The van der Waals surface area contributed by atoms with Crippen molar-refractivity contribution in [2.75, 3.05) is 19.8 Å². The number of hydrogen-bond acceptors (Lipinski definition) is 5. The molecule has 0 rings (SSSR count). The third-order valence-corrected chi connectivity index (χ3v) is 1.75. The molecule has 0 fully saturated rings. The van der Waals surface area contributed by atoms with Crippen LogP contribution in [-0.2, 0) is 23.8 Å². The number of esters is 2. The molecule has 0 aliphatic carbocycles. The highest BCUT2D eigenvalue weighted by Gasteiger charge is 2.13. The van der Waals surface area contributed by atoms with Crippen molar-refractivity contribution in [3.63, 3.8) is 0 Å². The van der Waals surface area contributed by atoms with Gasteiger partial charge in [0.15, 0.2) is 6.10 Å². The Balaban J connectivity index is 3.80. The molecule has 0 aromatic carbocycles. The fourth-order valence-corrected chi connectivity index (χ4v) is 1.02. The van der Waals surface area contributed by atoms with Gasteiger partial charge < -0.3 is 14.2 Å². The Labute approximate surface area is 96.1 Å². The van der Waals surface area contributed by atoms with Crippen LogP contribution in [0.2, 0.25) is 0 Å². The van der Waals surface area contributed by atoms with Gasteiger partial charge in [0, 0.05) is 20.5 Å². The molecule has 94 valence electrons. The second kappa shape index (κ2) is 9.15. The topological polar surface area (TPSA) is 61.8 Å². The van der Waals surface area contributed by atoms with Crippen molar-refractivity contribution >= 4 is 11.9 Å². The van der Waals surface area contributed by atoms with E-state index in [0.717, 1.165) is 12.8 Å². The first-order valence-corrected chi connectivity index (χ1v) is 5.44. The van der Waals surface area contributed by atoms with E-state index in [0.29, 0.717) is 6.61 Å². The number of ether oxygens (including phenoxy) is 3. The molecular weight excluding hydrogens is 212 g/mol. The second-order valence-electron chi connectivity index (χ2n) is 3.46. The molecule has 0 aliphatic heterocycles. The van der Waals surface area contributed by atoms with Crippen LogP contribution in [0, 0.1) is 0 Å². The van der Waals surface area contributed by atoms with Crippen LogP contribution in [0.1, 0.15) is 33.6 Å². The van der Waals surface area contributed by atoms with Crippen molar-refractivity contribution in [2.24, 2.45) is 0 Å². The largest absolute Gasteiger partial charge is 0.462 e. The van der Waals surface area contributed by atoms with Crippen LogP contribution in [-0.4, -0.2) is 37.9 Å². The van der Waals surface area contributed by atoms with Crippen LogP contribution in [0.5, 0.6) is 0 Å². The van der Waals surface area contributed by atoms with Gasteiger partial charge in [0.1, 0.15) is 6.61 Å². The molecule has 0 heterocycles. The SMILES string of the molecule is CCCCOCC(COC(C)=O)OC(C)=O. The van der Waals surface area contributed by atoms with E-state index in [4.69, 9.17) is 14.2 Å². The maximum Gasteiger partial charge on any atom is 0.303 e. The molecule has 0 aliphatic rings. The zero-order valence-corrected chi connectivity index (χ0v) is 10.2. The molecule has 0 radical (unpaired) electrons. The predicted octanol–water partition coefficient (Wildman–Crippen LogP) is 1.30. The lowest BCUT2D eigenvalue weighted by molar-refractivity contribution is -0.159. The first-order chi connectivity index (χ1) is 7.56. The Morgan fingerprint density at radius 2 is 1.81 bits per heavy atom. The van der Waals surface area contributed by atoms with Gasteiger partial charge >= 0.3 is 11.9 Å². The normalized spacial score (nSPS) is 11.9. The van der Waals surface area contributed by atoms with E-state index in [1.807, 2.05) is 0 Å². The van der Waals surface area contributed by atoms with Crippen molar-refractivity contribution in [1.29, 1.82) is 0 Å². The Kier molecular flexibility index (Phi) is 8.52. The van der Waals surface area contributed by atoms with Crippen LogP contribution in [0.4, 0.5) is 0 Å². The van der Waals surface area contributed by atoms with Crippen molar-refractivity contribution in [3.8, 4) is 0 Å². The number of rotatable bonds is 8. The molecule has 0 amide bonds. The molecular formula is C11H20O5. The molecule has 5 nitrogen and oxygen atoms in total. The lowest BCUT2D eigenvalue weighted by Gasteiger charge is -2.16. The third kappa shape index (κ3) is 9.45. The molecule has 0 aromatic rings. The molecule has 0 spiro atoms. The Bertz CT molecular complexity index is 214. The van der Waals surface area contributed by atoms with Crippen molar-refractivity contribution in [3.05, 3.63) is 0 Å². The van der Waals surface area contributed by atoms with Gasteiger partial charge in [0.05, 0.1) is 6.61 Å². The van der Waals surface area contributed by atoms with E-state index < -0.39 is 18.0 Å². The van der Waals surface area contributed by atoms with Crippen molar-refractivity contribution in [1.82, 2.24) is 0 Å². The summed E-state index contributed by atoms with van der Waals surface area (Å²) >= 11 is 0. The number of hydrogen-bond donors (Lipinski definition) is 0. The van der Waals surface area contributed by atoms with Crippen LogP contribution in [0.25, 0.3) is 0 Å². The minimum Gasteiger partial charge on any atom is -0.462 e. The molecule has 1 unspecified atom stereocenters. The molecule has 0 aromatic heterocycles. The van der Waals surface area contributed by atoms with Gasteiger partial charge in [-0.3, -0.25) is 9.59 Å². The minimum absolute atomic E-state index is 0.0427. The second-order valence-corrected chi connectivity index (χ2v) is 3.46. The smallest absolute Gasteiger partial charge is 0.303 e. The third-order valence-electron chi connectivity index (χ3n) is 1.75. The average Bonchev–Trinajstić information content (AvgIpc) is 2.19. The van der Waals surface area contributed by atoms with Crippen LogP contribution in [0.15, 0.2) is 0 Å². The van der Waals surface area contributed by atoms with Gasteiger partial charge in [0.2, 0.25) is 0 Å². The van der Waals surface area contributed by atoms with Gasteiger partial charge in [-0.05, 0) is 6.42 Å². The molecule has 0 bridgehead atoms. The summed E-state index contributed by atoms with van der Waals surface area (Å²) in [5, 5.41) is 0. The summed E-state index contributed by atoms with van der Waals surface area (Å²) in [6, 6.07) is 0. The molecule has 0 saturated heterocycles. The zero-order valence-electron chi connectivity index (χ0n) is 10.2. The Morgan fingerprint density at radius 1 is 1.12 bits per heavy atom. The van der Waals surface area contributed by atoms with Crippen LogP contribution < -0.4 is 0 Å². The van der Waals surface area contributed by atoms with Gasteiger partial charge in [-0.25, -0.2) is 0 Å². The Morgan fingerprint density at radius 3 is 2.31 bits per heavy atom. The average molecular weight is 232 g/mol. The Hall–Kier alpha value is -1.10. The minimum atomic E-state index is -0.516. The lowest BCUT2D eigenvalue weighted by atomic mass is 10.3. The molecule has 1 atom stereocenters. The fraction of sp³-hybridized carbons (Fsp3) is 0.818. The molecule has 5 heteroatoms. The first-order valence-electron chi connectivity index (χ1n) is 5.44. The van der Waals surface area contributed by atoms with Crippen LogP contribution in [0.3, 0.4) is 0 Å². The van der Waals surface area contributed by atoms with E-state index >= 15 is 0 Å². The van der Waals surface area contributed by atoms with Crippen LogP contribution >= 0.6 is 0 Å². The predicted molar refractivity (Wildman–Crippen MR) is 57.9 cm³/mol. The maximum absolute atomic E-state index is 10.8. The molecule has 16 heavy (non-hydrogen) atoms. The van der Waals surface area contributed by atoms with Gasteiger partial charge in [-0.1, -0.05) is 13.3 Å². The highest BCUT2D eigenvalue weighted by atomic mass is 16.6. The van der Waals surface area contributed by atoms with Gasteiger partial charge in [0.25, 0.3) is 0 Å². The monoisotopic (exact) mass is 232 g/mol. The quantitative estimate of drug-likeness (QED) is 0.466. The first kappa shape index (κ1) is 14.9. The molecule has 0 N–H and O–H groups in total. The van der Waals surface area contributed by atoms with Gasteiger partial charge in [-0.15, -0.1) is 0 Å². The van der Waals surface area contributed by atoms with Gasteiger partial charge in [-0.2, -0.15) is 0 Å². The van der Waals surface area contributed by atoms with E-state index in [1.54, 1.807) is 0 Å². The fourth-order valence-electron chi connectivity index (χ4n) is 1.02. The number of unbranched alkanes of at least 4 members (excludes halogenated alkanes) is 1. The molecule has 0 saturated carbocycles. The lowest BCUT2D eigenvalue weighted by Crippen LogP contribution is -2.28. The summed E-state index contributed by atoms with van der Waals surface area (Å²) < 4.78 is 15.0. The van der Waals surface area contributed by atoms with E-state index in [-0.39, 0.29) is 13.2 Å². The summed E-state index contributed by atoms with van der Waals surface area (Å²) in [4.78, 5) is 21.4. The van der Waals surface area contributed by atoms with E-state index in [2.05, 4.69) is 6.92 Å². The van der Waals surface area contributed by atoms with Crippen molar-refractivity contribution in [2.45, 2.75) is 39.7 Å². The summed E-state index contributed by atoms with van der Waals surface area (Å²) in [6.45, 7) is 5.60. The maximum atomic E-state index is 10.8.